The zero-order chi connectivity index (χ0) is 29.8. The first kappa shape index (κ1) is 28.3. The molecule has 0 bridgehead atoms. The number of nitrogens with zero attached hydrogens (tertiary/aromatic N) is 2. The van der Waals surface area contributed by atoms with Crippen molar-refractivity contribution in [2.75, 3.05) is 16.9 Å². The van der Waals surface area contributed by atoms with Crippen molar-refractivity contribution in [3.05, 3.63) is 124 Å². The molecule has 210 valence electrons. The van der Waals surface area contributed by atoms with Crippen molar-refractivity contribution < 1.29 is 33.8 Å². The van der Waals surface area contributed by atoms with Crippen LogP contribution in [0.5, 0.6) is 11.5 Å². The number of carboxylic acid groups (broad SMARTS) is 1. The number of halogens is 1. The van der Waals surface area contributed by atoms with Gasteiger partial charge in [0.05, 0.1) is 28.5 Å². The molecule has 42 heavy (non-hydrogen) atoms. The van der Waals surface area contributed by atoms with Gasteiger partial charge in [-0.1, -0.05) is 48.5 Å². The van der Waals surface area contributed by atoms with E-state index in [0.717, 1.165) is 15.4 Å². The molecule has 9 nitrogen and oxygen atoms in total. The van der Waals surface area contributed by atoms with Gasteiger partial charge in [-0.3, -0.25) is 9.59 Å². The molecule has 0 radical (unpaired) electrons. The fourth-order valence-electron chi connectivity index (χ4n) is 4.37. The van der Waals surface area contributed by atoms with Crippen LogP contribution in [0.3, 0.4) is 0 Å². The summed E-state index contributed by atoms with van der Waals surface area (Å²) in [7, 11) is 1.46. The highest BCUT2D eigenvalue weighted by Gasteiger charge is 2.43. The summed E-state index contributed by atoms with van der Waals surface area (Å²) in [4.78, 5) is 53.8. The summed E-state index contributed by atoms with van der Waals surface area (Å²) in [6, 6.07) is 25.6. The number of carbonyl (C=O) groups excluding carboxylic acids is 3. The molecule has 4 amide bonds. The summed E-state index contributed by atoms with van der Waals surface area (Å²) in [6.07, 6.45) is 1.41. The van der Waals surface area contributed by atoms with Gasteiger partial charge in [0.2, 0.25) is 0 Å². The van der Waals surface area contributed by atoms with Crippen LogP contribution in [0.15, 0.2) is 107 Å². The van der Waals surface area contributed by atoms with Crippen molar-refractivity contribution >= 4 is 57.2 Å². The Morgan fingerprint density at radius 2 is 1.38 bits per heavy atom. The van der Waals surface area contributed by atoms with Gasteiger partial charge in [-0.2, -0.15) is 0 Å². The molecule has 10 heteroatoms. The van der Waals surface area contributed by atoms with Gasteiger partial charge >= 0.3 is 12.0 Å². The van der Waals surface area contributed by atoms with Crippen molar-refractivity contribution in [1.29, 1.82) is 0 Å². The van der Waals surface area contributed by atoms with Crippen LogP contribution in [0.1, 0.15) is 21.5 Å². The quantitative estimate of drug-likeness (QED) is 0.180. The minimum atomic E-state index is -1.02. The lowest BCUT2D eigenvalue weighted by Gasteiger charge is -2.34. The fraction of sp³-hybridized carbons (Fsp3) is 0.0625. The Morgan fingerprint density at radius 1 is 0.833 bits per heavy atom. The van der Waals surface area contributed by atoms with Crippen molar-refractivity contribution in [3.63, 3.8) is 0 Å². The van der Waals surface area contributed by atoms with E-state index in [1.165, 1.54) is 25.3 Å². The number of carboxylic acids is 1. The summed E-state index contributed by atoms with van der Waals surface area (Å²) in [6.45, 7) is 0.131. The Hall–Kier alpha value is -5.22. The van der Waals surface area contributed by atoms with Crippen molar-refractivity contribution in [2.24, 2.45) is 0 Å². The second kappa shape index (κ2) is 12.1. The molecule has 0 spiro atoms. The number of ether oxygens (including phenoxy) is 2. The van der Waals surface area contributed by atoms with E-state index < -0.39 is 23.8 Å². The lowest BCUT2D eigenvalue weighted by atomic mass is 10.0. The van der Waals surface area contributed by atoms with Gasteiger partial charge in [0.1, 0.15) is 12.2 Å². The highest BCUT2D eigenvalue weighted by atomic mass is 79.9. The Balaban J connectivity index is 1.50. The monoisotopic (exact) mass is 626 g/mol. The molecule has 0 aliphatic carbocycles. The number of barbiturate groups is 1. The summed E-state index contributed by atoms with van der Waals surface area (Å²) in [5, 5.41) is 9.10. The molecular formula is C32H23BrN2O7. The highest BCUT2D eigenvalue weighted by Crippen LogP contribution is 2.38. The molecule has 4 aromatic carbocycles. The molecule has 1 saturated heterocycles. The molecule has 1 fully saturated rings. The standard InChI is InChI=1S/C32H23BrN2O7/c1-41-27-18-21(17-26(33)28(27)42-19-20-12-14-22(15-13-20)31(38)39)16-25-29(36)34(23-8-4-2-5-9-23)32(40)35(30(25)37)24-10-6-3-7-11-24/h2-18H,19H2,1H3,(H,38,39). The molecule has 0 atom stereocenters. The van der Waals surface area contributed by atoms with Gasteiger partial charge in [0.25, 0.3) is 11.8 Å². The second-order valence-electron chi connectivity index (χ2n) is 9.12. The Bertz CT molecular complexity index is 1640. The average molecular weight is 627 g/mol. The molecule has 4 aromatic rings. The molecule has 1 aliphatic heterocycles. The first-order valence-electron chi connectivity index (χ1n) is 12.7. The van der Waals surface area contributed by atoms with E-state index in [9.17, 15) is 19.2 Å². The van der Waals surface area contributed by atoms with Crippen LogP contribution in [0.25, 0.3) is 6.08 Å². The van der Waals surface area contributed by atoms with Gasteiger partial charge in [-0.25, -0.2) is 19.4 Å². The van der Waals surface area contributed by atoms with Crippen molar-refractivity contribution in [3.8, 4) is 11.5 Å². The maximum atomic E-state index is 13.6. The van der Waals surface area contributed by atoms with E-state index >= 15 is 0 Å². The summed E-state index contributed by atoms with van der Waals surface area (Å²) >= 11 is 3.49. The van der Waals surface area contributed by atoms with Crippen LogP contribution in [0.4, 0.5) is 16.2 Å². The predicted molar refractivity (Wildman–Crippen MR) is 160 cm³/mol. The third kappa shape index (κ3) is 5.65. The molecule has 1 aliphatic rings. The van der Waals surface area contributed by atoms with Gasteiger partial charge < -0.3 is 14.6 Å². The van der Waals surface area contributed by atoms with Gasteiger partial charge in [0.15, 0.2) is 11.5 Å². The number of imide groups is 2. The third-order valence-electron chi connectivity index (χ3n) is 6.43. The summed E-state index contributed by atoms with van der Waals surface area (Å²) in [5.41, 5.74) is 1.79. The molecule has 0 unspecified atom stereocenters. The first-order chi connectivity index (χ1) is 20.3. The molecule has 1 N–H and O–H groups in total. The summed E-state index contributed by atoms with van der Waals surface area (Å²) in [5.74, 6) is -1.85. The van der Waals surface area contributed by atoms with E-state index in [0.29, 0.717) is 32.9 Å². The molecule has 5 rings (SSSR count). The van der Waals surface area contributed by atoms with E-state index in [1.807, 2.05) is 0 Å². The van der Waals surface area contributed by atoms with Crippen LogP contribution in [0, 0.1) is 0 Å². The number of para-hydroxylation sites is 2. The number of anilines is 2. The second-order valence-corrected chi connectivity index (χ2v) is 9.97. The number of hydrogen-bond donors (Lipinski definition) is 1. The SMILES string of the molecule is COc1cc(C=C2C(=O)N(c3ccccc3)C(=O)N(c3ccccc3)C2=O)cc(Br)c1OCc1ccc(C(=O)O)cc1. The van der Waals surface area contributed by atoms with Crippen LogP contribution >= 0.6 is 15.9 Å². The Labute approximate surface area is 249 Å². The van der Waals surface area contributed by atoms with Gasteiger partial charge in [-0.05, 0) is 81.7 Å². The Kier molecular flexibility index (Phi) is 8.16. The topological polar surface area (TPSA) is 113 Å². The minimum Gasteiger partial charge on any atom is -0.493 e. The zero-order valence-electron chi connectivity index (χ0n) is 22.2. The minimum absolute atomic E-state index is 0.131. The van der Waals surface area contributed by atoms with E-state index in [1.54, 1.807) is 84.9 Å². The van der Waals surface area contributed by atoms with Gasteiger partial charge in [-0.15, -0.1) is 0 Å². The largest absolute Gasteiger partial charge is 0.493 e. The fourth-order valence-corrected chi connectivity index (χ4v) is 4.94. The molecular weight excluding hydrogens is 604 g/mol. The van der Waals surface area contributed by atoms with E-state index in [-0.39, 0.29) is 17.7 Å². The van der Waals surface area contributed by atoms with Crippen LogP contribution in [0.2, 0.25) is 0 Å². The summed E-state index contributed by atoms with van der Waals surface area (Å²) < 4.78 is 12.0. The lowest BCUT2D eigenvalue weighted by molar-refractivity contribution is -0.121. The normalized spacial score (nSPS) is 13.3. The number of urea groups is 1. The number of rotatable bonds is 8. The number of amides is 4. The number of hydrogen-bond acceptors (Lipinski definition) is 6. The van der Waals surface area contributed by atoms with E-state index in [4.69, 9.17) is 14.6 Å². The van der Waals surface area contributed by atoms with Crippen molar-refractivity contribution in [2.45, 2.75) is 6.61 Å². The molecule has 0 saturated carbocycles. The number of carbonyl (C=O) groups is 4. The van der Waals surface area contributed by atoms with Crippen LogP contribution < -0.4 is 19.3 Å². The zero-order valence-corrected chi connectivity index (χ0v) is 23.8. The van der Waals surface area contributed by atoms with Crippen LogP contribution in [-0.2, 0) is 16.2 Å². The van der Waals surface area contributed by atoms with Crippen LogP contribution in [-0.4, -0.2) is 36.0 Å². The maximum absolute atomic E-state index is 13.6. The molecule has 1 heterocycles. The first-order valence-corrected chi connectivity index (χ1v) is 13.4. The lowest BCUT2D eigenvalue weighted by Crippen LogP contribution is -2.57. The number of aromatic carboxylic acids is 1. The number of benzene rings is 4. The third-order valence-corrected chi connectivity index (χ3v) is 7.01. The highest BCUT2D eigenvalue weighted by molar-refractivity contribution is 9.10. The van der Waals surface area contributed by atoms with E-state index in [2.05, 4.69) is 15.9 Å². The Morgan fingerprint density at radius 3 is 1.88 bits per heavy atom. The number of methoxy groups -OCH3 is 1. The maximum Gasteiger partial charge on any atom is 0.343 e. The van der Waals surface area contributed by atoms with Gasteiger partial charge in [0, 0.05) is 0 Å². The predicted octanol–water partition coefficient (Wildman–Crippen LogP) is 6.32. The smallest absolute Gasteiger partial charge is 0.343 e. The molecule has 0 aromatic heterocycles. The van der Waals surface area contributed by atoms with Crippen molar-refractivity contribution in [1.82, 2.24) is 0 Å². The average Bonchev–Trinajstić information content (AvgIpc) is 3.00.